The summed E-state index contributed by atoms with van der Waals surface area (Å²) in [7, 11) is 3.90. The fourth-order valence-corrected chi connectivity index (χ4v) is 1.10. The Bertz CT molecular complexity index is 368. The van der Waals surface area contributed by atoms with E-state index in [1.54, 1.807) is 6.20 Å². The van der Waals surface area contributed by atoms with Gasteiger partial charge in [-0.1, -0.05) is 6.08 Å². The number of nitrogens with zero attached hydrogens (tertiary/aromatic N) is 2. The van der Waals surface area contributed by atoms with Crippen molar-refractivity contribution in [3.8, 4) is 0 Å². The smallest absolute Gasteiger partial charge is 0.248 e. The van der Waals surface area contributed by atoms with Crippen molar-refractivity contribution in [2.24, 2.45) is 0 Å². The number of likely N-dealkylation sites (N-methyl/N-ethyl adjacent to an activating group) is 1. The number of anilines is 1. The minimum Gasteiger partial charge on any atom is -0.321 e. The topological polar surface area (TPSA) is 45.2 Å². The van der Waals surface area contributed by atoms with Crippen molar-refractivity contribution in [1.29, 1.82) is 0 Å². The summed E-state index contributed by atoms with van der Waals surface area (Å²) in [6, 6.07) is 3.69. The van der Waals surface area contributed by atoms with Crippen LogP contribution in [0, 0.1) is 6.92 Å². The Morgan fingerprint density at radius 2 is 2.25 bits per heavy atom. The molecule has 1 heterocycles. The maximum atomic E-state index is 11.4. The number of pyridine rings is 1. The average Bonchev–Trinajstić information content (AvgIpc) is 2.21. The monoisotopic (exact) mass is 219 g/mol. The van der Waals surface area contributed by atoms with Gasteiger partial charge >= 0.3 is 0 Å². The lowest BCUT2D eigenvalue weighted by molar-refractivity contribution is -0.111. The van der Waals surface area contributed by atoms with Crippen LogP contribution in [0.4, 0.5) is 5.69 Å². The molecule has 0 saturated heterocycles. The van der Waals surface area contributed by atoms with Crippen LogP contribution < -0.4 is 5.32 Å². The Balaban J connectivity index is 2.45. The van der Waals surface area contributed by atoms with Crippen LogP contribution in [-0.4, -0.2) is 36.4 Å². The van der Waals surface area contributed by atoms with Crippen molar-refractivity contribution in [3.05, 3.63) is 36.2 Å². The van der Waals surface area contributed by atoms with Gasteiger partial charge in [-0.25, -0.2) is 0 Å². The number of aromatic nitrogens is 1. The highest BCUT2D eigenvalue weighted by molar-refractivity contribution is 5.99. The van der Waals surface area contributed by atoms with Gasteiger partial charge in [0, 0.05) is 18.3 Å². The molecule has 1 amide bonds. The molecule has 0 bridgehead atoms. The highest BCUT2D eigenvalue weighted by Crippen LogP contribution is 2.04. The van der Waals surface area contributed by atoms with Gasteiger partial charge in [0.1, 0.15) is 0 Å². The molecule has 4 nitrogen and oxygen atoms in total. The summed E-state index contributed by atoms with van der Waals surface area (Å²) in [5, 5.41) is 2.74. The first kappa shape index (κ1) is 12.4. The molecule has 0 fully saturated rings. The zero-order chi connectivity index (χ0) is 12.0. The van der Waals surface area contributed by atoms with Crippen molar-refractivity contribution in [2.75, 3.05) is 26.0 Å². The Hall–Kier alpha value is -1.68. The zero-order valence-electron chi connectivity index (χ0n) is 9.90. The van der Waals surface area contributed by atoms with Crippen LogP contribution in [0.15, 0.2) is 30.5 Å². The molecular formula is C12H17N3O. The molecule has 0 atom stereocenters. The van der Waals surface area contributed by atoms with Gasteiger partial charge < -0.3 is 10.2 Å². The number of carbonyl (C=O) groups is 1. The van der Waals surface area contributed by atoms with Gasteiger partial charge in [-0.2, -0.15) is 0 Å². The maximum Gasteiger partial charge on any atom is 0.248 e. The van der Waals surface area contributed by atoms with Crippen molar-refractivity contribution in [2.45, 2.75) is 6.92 Å². The summed E-state index contributed by atoms with van der Waals surface area (Å²) in [6.45, 7) is 2.65. The molecule has 1 aromatic rings. The van der Waals surface area contributed by atoms with Crippen LogP contribution in [-0.2, 0) is 4.79 Å². The molecule has 4 heteroatoms. The molecule has 0 spiro atoms. The second-order valence-corrected chi connectivity index (χ2v) is 3.84. The summed E-state index contributed by atoms with van der Waals surface area (Å²) in [4.78, 5) is 17.5. The van der Waals surface area contributed by atoms with E-state index in [0.29, 0.717) is 5.69 Å². The molecule has 0 saturated carbocycles. The van der Waals surface area contributed by atoms with E-state index in [0.717, 1.165) is 12.2 Å². The molecular weight excluding hydrogens is 202 g/mol. The van der Waals surface area contributed by atoms with Gasteiger partial charge in [-0.15, -0.1) is 0 Å². The molecule has 0 aliphatic carbocycles. The zero-order valence-corrected chi connectivity index (χ0v) is 9.90. The minimum absolute atomic E-state index is 0.132. The van der Waals surface area contributed by atoms with E-state index < -0.39 is 0 Å². The van der Waals surface area contributed by atoms with E-state index >= 15 is 0 Å². The molecule has 16 heavy (non-hydrogen) atoms. The van der Waals surface area contributed by atoms with Crippen LogP contribution in [0.2, 0.25) is 0 Å². The number of nitrogens with one attached hydrogen (secondary N) is 1. The van der Waals surface area contributed by atoms with Gasteiger partial charge in [0.15, 0.2) is 0 Å². The largest absolute Gasteiger partial charge is 0.321 e. The lowest BCUT2D eigenvalue weighted by Crippen LogP contribution is -2.13. The van der Waals surface area contributed by atoms with Crippen molar-refractivity contribution in [3.63, 3.8) is 0 Å². The maximum absolute atomic E-state index is 11.4. The third-order valence-electron chi connectivity index (χ3n) is 1.92. The van der Waals surface area contributed by atoms with E-state index in [9.17, 15) is 4.79 Å². The second-order valence-electron chi connectivity index (χ2n) is 3.84. The quantitative estimate of drug-likeness (QED) is 0.779. The van der Waals surface area contributed by atoms with Crippen molar-refractivity contribution in [1.82, 2.24) is 9.88 Å². The van der Waals surface area contributed by atoms with E-state index in [1.807, 2.05) is 44.1 Å². The highest BCUT2D eigenvalue weighted by Gasteiger charge is 1.97. The number of rotatable bonds is 4. The third-order valence-corrected chi connectivity index (χ3v) is 1.92. The standard InChI is InChI=1S/C12H17N3O/c1-10-6-7-11(9-13-10)14-12(16)5-4-8-15(2)3/h4-7,9H,8H2,1-3H3,(H,14,16)/b5-4+. The van der Waals surface area contributed by atoms with Gasteiger partial charge in [-0.05, 0) is 33.2 Å². The Labute approximate surface area is 96.0 Å². The Morgan fingerprint density at radius 3 is 2.81 bits per heavy atom. The minimum atomic E-state index is -0.132. The third kappa shape index (κ3) is 4.70. The van der Waals surface area contributed by atoms with Crippen molar-refractivity contribution >= 4 is 11.6 Å². The van der Waals surface area contributed by atoms with Gasteiger partial charge in [0.2, 0.25) is 5.91 Å². The Morgan fingerprint density at radius 1 is 1.50 bits per heavy atom. The number of hydrogen-bond donors (Lipinski definition) is 1. The van der Waals surface area contributed by atoms with Crippen molar-refractivity contribution < 1.29 is 4.79 Å². The first-order chi connectivity index (χ1) is 7.58. The SMILES string of the molecule is Cc1ccc(NC(=O)/C=C/CN(C)C)cn1. The highest BCUT2D eigenvalue weighted by atomic mass is 16.1. The molecule has 1 aromatic heterocycles. The van der Waals surface area contributed by atoms with Crippen LogP contribution in [0.3, 0.4) is 0 Å². The second kappa shape index (κ2) is 6.02. The van der Waals surface area contributed by atoms with Crippen LogP contribution >= 0.6 is 0 Å². The fraction of sp³-hybridized carbons (Fsp3) is 0.333. The molecule has 0 aromatic carbocycles. The summed E-state index contributed by atoms with van der Waals surface area (Å²) >= 11 is 0. The van der Waals surface area contributed by atoms with E-state index in [4.69, 9.17) is 0 Å². The summed E-state index contributed by atoms with van der Waals surface area (Å²) < 4.78 is 0. The number of aryl methyl sites for hydroxylation is 1. The number of carbonyl (C=O) groups excluding carboxylic acids is 1. The number of hydrogen-bond acceptors (Lipinski definition) is 3. The molecule has 1 rings (SSSR count). The molecule has 0 radical (unpaired) electrons. The predicted octanol–water partition coefficient (Wildman–Crippen LogP) is 1.45. The van der Waals surface area contributed by atoms with Gasteiger partial charge in [0.05, 0.1) is 11.9 Å². The van der Waals surface area contributed by atoms with E-state index in [-0.39, 0.29) is 5.91 Å². The number of amides is 1. The van der Waals surface area contributed by atoms with Crippen LogP contribution in [0.25, 0.3) is 0 Å². The average molecular weight is 219 g/mol. The molecule has 0 aliphatic rings. The van der Waals surface area contributed by atoms with Crippen LogP contribution in [0.1, 0.15) is 5.69 Å². The normalized spacial score (nSPS) is 11.0. The molecule has 1 N–H and O–H groups in total. The van der Waals surface area contributed by atoms with E-state index in [2.05, 4.69) is 10.3 Å². The lowest BCUT2D eigenvalue weighted by Gasteiger charge is -2.04. The first-order valence-corrected chi connectivity index (χ1v) is 5.13. The Kier molecular flexibility index (Phi) is 4.66. The lowest BCUT2D eigenvalue weighted by atomic mass is 10.3. The predicted molar refractivity (Wildman–Crippen MR) is 65.3 cm³/mol. The van der Waals surface area contributed by atoms with E-state index in [1.165, 1.54) is 6.08 Å². The summed E-state index contributed by atoms with van der Waals surface area (Å²) in [5.74, 6) is -0.132. The van der Waals surface area contributed by atoms with Gasteiger partial charge in [-0.3, -0.25) is 9.78 Å². The molecule has 0 aliphatic heterocycles. The van der Waals surface area contributed by atoms with Crippen LogP contribution in [0.5, 0.6) is 0 Å². The summed E-state index contributed by atoms with van der Waals surface area (Å²) in [6.07, 6.45) is 4.99. The van der Waals surface area contributed by atoms with Gasteiger partial charge in [0.25, 0.3) is 0 Å². The summed E-state index contributed by atoms with van der Waals surface area (Å²) in [5.41, 5.74) is 1.64. The first-order valence-electron chi connectivity index (χ1n) is 5.13. The molecule has 86 valence electrons. The fourth-order valence-electron chi connectivity index (χ4n) is 1.10. The molecule has 0 unspecified atom stereocenters.